The average molecular weight is 354 g/mol. The topological polar surface area (TPSA) is 46.5 Å². The van der Waals surface area contributed by atoms with Crippen LogP contribution in [0.3, 0.4) is 0 Å². The lowest BCUT2D eigenvalue weighted by Crippen LogP contribution is -2.44. The molecule has 0 aliphatic heterocycles. The van der Waals surface area contributed by atoms with Crippen molar-refractivity contribution in [3.05, 3.63) is 41.2 Å². The molecule has 140 valence electrons. The fourth-order valence-corrected chi connectivity index (χ4v) is 6.43. The zero-order valence-corrected chi connectivity index (χ0v) is 16.1. The van der Waals surface area contributed by atoms with Crippen molar-refractivity contribution in [1.29, 1.82) is 0 Å². The minimum atomic E-state index is -0.292. The highest BCUT2D eigenvalue weighted by molar-refractivity contribution is 6.03. The molecule has 0 bridgehead atoms. The van der Waals surface area contributed by atoms with Crippen LogP contribution in [0.5, 0.6) is 5.75 Å². The van der Waals surface area contributed by atoms with Gasteiger partial charge in [0.15, 0.2) is 5.78 Å². The van der Waals surface area contributed by atoms with Gasteiger partial charge in [-0.25, -0.2) is 0 Å². The Labute approximate surface area is 156 Å². The Morgan fingerprint density at radius 2 is 2.15 bits per heavy atom. The molecule has 0 aromatic heterocycles. The minimum Gasteiger partial charge on any atom is -0.515 e. The Bertz CT molecular complexity index is 750. The maximum absolute atomic E-state index is 13.1. The fourth-order valence-electron chi connectivity index (χ4n) is 6.43. The maximum Gasteiger partial charge on any atom is 0.168 e. The number of fused-ring (bicyclic) bond motifs is 5. The number of hydrogen-bond acceptors (Lipinski definition) is 3. The van der Waals surface area contributed by atoms with E-state index in [4.69, 9.17) is 4.74 Å². The third-order valence-electron chi connectivity index (χ3n) is 7.54. The maximum atomic E-state index is 13.1. The molecule has 26 heavy (non-hydrogen) atoms. The van der Waals surface area contributed by atoms with Gasteiger partial charge >= 0.3 is 0 Å². The van der Waals surface area contributed by atoms with Crippen LogP contribution in [0.4, 0.5) is 0 Å². The summed E-state index contributed by atoms with van der Waals surface area (Å²) in [6.07, 6.45) is 7.37. The lowest BCUT2D eigenvalue weighted by atomic mass is 9.54. The molecule has 0 radical (unpaired) electrons. The van der Waals surface area contributed by atoms with Crippen molar-refractivity contribution in [2.24, 2.45) is 23.2 Å². The van der Waals surface area contributed by atoms with Crippen LogP contribution in [0, 0.1) is 23.2 Å². The molecular formula is C23H30O3. The van der Waals surface area contributed by atoms with Gasteiger partial charge in [-0.1, -0.05) is 26.3 Å². The van der Waals surface area contributed by atoms with Crippen molar-refractivity contribution < 1.29 is 14.6 Å². The van der Waals surface area contributed by atoms with Gasteiger partial charge in [0.1, 0.15) is 5.75 Å². The zero-order chi connectivity index (χ0) is 18.5. The van der Waals surface area contributed by atoms with Gasteiger partial charge in [-0.3, -0.25) is 4.79 Å². The monoisotopic (exact) mass is 354 g/mol. The quantitative estimate of drug-likeness (QED) is 0.599. The number of ketones is 1. The summed E-state index contributed by atoms with van der Waals surface area (Å²) in [5.41, 5.74) is 3.29. The van der Waals surface area contributed by atoms with Gasteiger partial charge in [0.25, 0.3) is 0 Å². The molecule has 5 atom stereocenters. The Morgan fingerprint density at radius 1 is 1.35 bits per heavy atom. The molecule has 3 nitrogen and oxygen atoms in total. The third-order valence-corrected chi connectivity index (χ3v) is 7.54. The molecule has 4 rings (SSSR count). The highest BCUT2D eigenvalue weighted by Gasteiger charge is 2.60. The summed E-state index contributed by atoms with van der Waals surface area (Å²) in [4.78, 5) is 13.1. The van der Waals surface area contributed by atoms with Crippen LogP contribution in [0.15, 0.2) is 30.0 Å². The van der Waals surface area contributed by atoms with Gasteiger partial charge in [0, 0.05) is 11.0 Å². The number of allylic oxidation sites excluding steroid dienone is 1. The summed E-state index contributed by atoms with van der Waals surface area (Å²) >= 11 is 0. The van der Waals surface area contributed by atoms with E-state index in [1.165, 1.54) is 11.1 Å². The van der Waals surface area contributed by atoms with Crippen LogP contribution >= 0.6 is 0 Å². The molecule has 3 aliphatic rings. The van der Waals surface area contributed by atoms with Crippen LogP contribution in [0.25, 0.3) is 0 Å². The first-order chi connectivity index (χ1) is 12.5. The van der Waals surface area contributed by atoms with E-state index in [0.717, 1.165) is 50.5 Å². The van der Waals surface area contributed by atoms with E-state index in [2.05, 4.69) is 32.0 Å². The molecule has 0 heterocycles. The first-order valence-corrected chi connectivity index (χ1v) is 10.1. The second-order valence-corrected chi connectivity index (χ2v) is 8.66. The van der Waals surface area contributed by atoms with E-state index in [-0.39, 0.29) is 17.1 Å². The first-order valence-electron chi connectivity index (χ1n) is 10.1. The summed E-state index contributed by atoms with van der Waals surface area (Å²) in [6, 6.07) is 6.53. The van der Waals surface area contributed by atoms with Crippen molar-refractivity contribution in [2.45, 2.75) is 58.3 Å². The van der Waals surface area contributed by atoms with E-state index in [0.29, 0.717) is 23.3 Å². The molecule has 5 unspecified atom stereocenters. The number of ether oxygens (including phenoxy) is 1. The third kappa shape index (κ3) is 2.35. The number of methoxy groups -OCH3 is 1. The Kier molecular flexibility index (Phi) is 4.37. The fraction of sp³-hybridized carbons (Fsp3) is 0.609. The molecule has 1 aromatic carbocycles. The summed E-state index contributed by atoms with van der Waals surface area (Å²) in [7, 11) is 1.72. The van der Waals surface area contributed by atoms with E-state index < -0.39 is 0 Å². The number of aliphatic hydroxyl groups excluding tert-OH is 1. The van der Waals surface area contributed by atoms with Crippen molar-refractivity contribution in [1.82, 2.24) is 0 Å². The molecule has 1 aromatic rings. The van der Waals surface area contributed by atoms with Crippen LogP contribution < -0.4 is 4.74 Å². The van der Waals surface area contributed by atoms with Gasteiger partial charge < -0.3 is 9.84 Å². The molecule has 3 aliphatic carbocycles. The molecule has 2 fully saturated rings. The van der Waals surface area contributed by atoms with Crippen LogP contribution in [-0.2, 0) is 11.2 Å². The molecule has 0 spiro atoms. The molecule has 1 N–H and O–H groups in total. The van der Waals surface area contributed by atoms with Gasteiger partial charge in [-0.05, 0) is 79.0 Å². The second-order valence-electron chi connectivity index (χ2n) is 8.66. The van der Waals surface area contributed by atoms with E-state index in [9.17, 15) is 9.90 Å². The van der Waals surface area contributed by atoms with Crippen LogP contribution in [0.1, 0.15) is 63.0 Å². The standard InChI is InChI=1S/C23H30O3/c1-4-5-18-20(13-24)22(25)23(2)11-10-17-16-9-7-15(26-3)12-14(16)6-8-19(17)21(18)23/h7,9,12-13,17-19,21,24H,4-6,8,10-11H2,1-3H3/b20-13+. The summed E-state index contributed by atoms with van der Waals surface area (Å²) < 4.78 is 5.41. The molecule has 2 saturated carbocycles. The number of carbonyl (C=O) groups is 1. The highest BCUT2D eigenvalue weighted by atomic mass is 16.5. The van der Waals surface area contributed by atoms with Crippen molar-refractivity contribution >= 4 is 5.78 Å². The number of rotatable bonds is 3. The Hall–Kier alpha value is -1.77. The second kappa shape index (κ2) is 6.44. The van der Waals surface area contributed by atoms with Gasteiger partial charge in [-0.15, -0.1) is 0 Å². The van der Waals surface area contributed by atoms with E-state index in [1.807, 2.05) is 0 Å². The number of hydrogen-bond donors (Lipinski definition) is 1. The number of aryl methyl sites for hydroxylation is 1. The van der Waals surface area contributed by atoms with Crippen LogP contribution in [-0.4, -0.2) is 18.0 Å². The summed E-state index contributed by atoms with van der Waals surface area (Å²) in [5.74, 6) is 2.80. The average Bonchev–Trinajstić information content (AvgIpc) is 2.88. The minimum absolute atomic E-state index is 0.211. The predicted molar refractivity (Wildman–Crippen MR) is 102 cm³/mol. The molecule has 0 amide bonds. The largest absolute Gasteiger partial charge is 0.515 e. The lowest BCUT2D eigenvalue weighted by Gasteiger charge is -2.49. The van der Waals surface area contributed by atoms with Crippen molar-refractivity contribution in [2.75, 3.05) is 7.11 Å². The normalized spacial score (nSPS) is 37.2. The SMILES string of the molecule is CCCC1/C(=C\O)C(=O)C2(C)CCC3c4ccc(OC)cc4CCC3C12. The van der Waals surface area contributed by atoms with Gasteiger partial charge in [0.05, 0.1) is 13.4 Å². The molecule has 0 saturated heterocycles. The number of Topliss-reactive ketones (excluding diaryl/α,β-unsaturated/α-hetero) is 1. The summed E-state index contributed by atoms with van der Waals surface area (Å²) in [6.45, 7) is 4.34. The van der Waals surface area contributed by atoms with Crippen molar-refractivity contribution in [3.8, 4) is 5.75 Å². The zero-order valence-electron chi connectivity index (χ0n) is 16.1. The Balaban J connectivity index is 1.75. The van der Waals surface area contributed by atoms with Crippen LogP contribution in [0.2, 0.25) is 0 Å². The summed E-state index contributed by atoms with van der Waals surface area (Å²) in [5, 5.41) is 9.81. The molecule has 3 heteroatoms. The van der Waals surface area contributed by atoms with E-state index >= 15 is 0 Å². The Morgan fingerprint density at radius 3 is 2.85 bits per heavy atom. The smallest absolute Gasteiger partial charge is 0.168 e. The molecular weight excluding hydrogens is 324 g/mol. The first kappa shape index (κ1) is 17.6. The highest BCUT2D eigenvalue weighted by Crippen LogP contribution is 2.63. The predicted octanol–water partition coefficient (Wildman–Crippen LogP) is 5.20. The number of carbonyl (C=O) groups excluding carboxylic acids is 1. The van der Waals surface area contributed by atoms with Gasteiger partial charge in [-0.2, -0.15) is 0 Å². The van der Waals surface area contributed by atoms with Gasteiger partial charge in [0.2, 0.25) is 0 Å². The lowest BCUT2D eigenvalue weighted by molar-refractivity contribution is -0.127. The number of aliphatic hydroxyl groups is 1. The number of benzene rings is 1. The van der Waals surface area contributed by atoms with E-state index in [1.54, 1.807) is 7.11 Å². The van der Waals surface area contributed by atoms with Crippen molar-refractivity contribution in [3.63, 3.8) is 0 Å².